The maximum Gasteiger partial charge on any atom is 0.322 e. The molecule has 0 aliphatic carbocycles. The van der Waals surface area contributed by atoms with Gasteiger partial charge >= 0.3 is 6.03 Å². The minimum Gasteiger partial charge on any atom is -0.497 e. The quantitative estimate of drug-likeness (QED) is 0.776. The van der Waals surface area contributed by atoms with Gasteiger partial charge in [0.15, 0.2) is 0 Å². The van der Waals surface area contributed by atoms with Crippen molar-refractivity contribution in [3.63, 3.8) is 0 Å². The second-order valence-electron chi connectivity index (χ2n) is 4.10. The number of methoxy groups -OCH3 is 2. The van der Waals surface area contributed by atoms with Crippen molar-refractivity contribution in [2.45, 2.75) is 12.5 Å². The molecule has 1 atom stereocenters. The number of imide groups is 1. The number of urea groups is 1. The highest BCUT2D eigenvalue weighted by molar-refractivity contribution is 6.07. The van der Waals surface area contributed by atoms with E-state index in [1.54, 1.807) is 25.1 Å². The van der Waals surface area contributed by atoms with Gasteiger partial charge in [0.05, 0.1) is 14.2 Å². The second-order valence-corrected chi connectivity index (χ2v) is 4.10. The van der Waals surface area contributed by atoms with Crippen LogP contribution in [0.1, 0.15) is 12.5 Å². The van der Waals surface area contributed by atoms with Crippen molar-refractivity contribution in [2.24, 2.45) is 0 Å². The summed E-state index contributed by atoms with van der Waals surface area (Å²) in [7, 11) is 3.03. The van der Waals surface area contributed by atoms with Gasteiger partial charge in [-0.1, -0.05) is 0 Å². The van der Waals surface area contributed by atoms with Crippen LogP contribution in [0.25, 0.3) is 0 Å². The van der Waals surface area contributed by atoms with Crippen LogP contribution in [0.15, 0.2) is 18.2 Å². The number of benzene rings is 1. The van der Waals surface area contributed by atoms with Crippen LogP contribution < -0.4 is 20.1 Å². The number of amides is 3. The first kappa shape index (κ1) is 12.2. The summed E-state index contributed by atoms with van der Waals surface area (Å²) in [6.07, 6.45) is 0. The summed E-state index contributed by atoms with van der Waals surface area (Å²) in [5.74, 6) is 0.677. The maximum absolute atomic E-state index is 11.9. The Kier molecular flexibility index (Phi) is 2.86. The molecule has 6 heteroatoms. The van der Waals surface area contributed by atoms with Gasteiger partial charge in [0.25, 0.3) is 5.91 Å². The van der Waals surface area contributed by atoms with Crippen molar-refractivity contribution >= 4 is 11.9 Å². The molecule has 18 heavy (non-hydrogen) atoms. The van der Waals surface area contributed by atoms with E-state index in [1.807, 2.05) is 0 Å². The van der Waals surface area contributed by atoms with Gasteiger partial charge in [-0.25, -0.2) is 4.79 Å². The van der Waals surface area contributed by atoms with Gasteiger partial charge in [-0.3, -0.25) is 10.1 Å². The maximum atomic E-state index is 11.9. The van der Waals surface area contributed by atoms with Crippen LogP contribution in [0.3, 0.4) is 0 Å². The standard InChI is InChI=1S/C12H14N2O4/c1-12(10(15)13-11(16)14-12)8-6-7(17-2)4-5-9(8)18-3/h4-6H,1-3H3,(H2,13,14,15,16). The molecule has 1 aromatic rings. The molecule has 1 saturated heterocycles. The van der Waals surface area contributed by atoms with Crippen molar-refractivity contribution in [1.82, 2.24) is 10.6 Å². The first-order valence-corrected chi connectivity index (χ1v) is 5.37. The van der Waals surface area contributed by atoms with E-state index in [-0.39, 0.29) is 0 Å². The Bertz CT molecular complexity index is 515. The summed E-state index contributed by atoms with van der Waals surface area (Å²) in [5.41, 5.74) is -0.607. The molecule has 2 rings (SSSR count). The van der Waals surface area contributed by atoms with Gasteiger partial charge in [0.1, 0.15) is 17.0 Å². The molecule has 1 aliphatic heterocycles. The Morgan fingerprint density at radius 2 is 1.89 bits per heavy atom. The Morgan fingerprint density at radius 1 is 1.17 bits per heavy atom. The molecule has 1 aromatic carbocycles. The van der Waals surface area contributed by atoms with E-state index in [9.17, 15) is 9.59 Å². The average molecular weight is 250 g/mol. The van der Waals surface area contributed by atoms with Crippen molar-refractivity contribution in [3.8, 4) is 11.5 Å². The molecule has 1 aliphatic rings. The number of ether oxygens (including phenoxy) is 2. The van der Waals surface area contributed by atoms with Crippen LogP contribution in [-0.4, -0.2) is 26.2 Å². The fraction of sp³-hybridized carbons (Fsp3) is 0.333. The van der Waals surface area contributed by atoms with E-state index in [4.69, 9.17) is 9.47 Å². The van der Waals surface area contributed by atoms with Gasteiger partial charge in [-0.2, -0.15) is 0 Å². The lowest BCUT2D eigenvalue weighted by atomic mass is 9.91. The molecule has 1 unspecified atom stereocenters. The lowest BCUT2D eigenvalue weighted by molar-refractivity contribution is -0.123. The monoisotopic (exact) mass is 250 g/mol. The summed E-state index contributed by atoms with van der Waals surface area (Å²) < 4.78 is 10.3. The molecular weight excluding hydrogens is 236 g/mol. The summed E-state index contributed by atoms with van der Waals surface area (Å²) in [4.78, 5) is 23.2. The van der Waals surface area contributed by atoms with E-state index in [0.717, 1.165) is 0 Å². The summed E-state index contributed by atoms with van der Waals surface area (Å²) in [6.45, 7) is 1.62. The van der Waals surface area contributed by atoms with Gasteiger partial charge in [0.2, 0.25) is 0 Å². The van der Waals surface area contributed by atoms with Crippen LogP contribution in [0, 0.1) is 0 Å². The molecule has 0 aromatic heterocycles. The molecular formula is C12H14N2O4. The molecule has 3 amide bonds. The summed E-state index contributed by atoms with van der Waals surface area (Å²) in [6, 6.07) is 4.56. The third-order valence-electron chi connectivity index (χ3n) is 2.99. The fourth-order valence-corrected chi connectivity index (χ4v) is 1.94. The van der Waals surface area contributed by atoms with Crippen LogP contribution in [0.2, 0.25) is 0 Å². The summed E-state index contributed by atoms with van der Waals surface area (Å²) >= 11 is 0. The van der Waals surface area contributed by atoms with Crippen LogP contribution in [-0.2, 0) is 10.3 Å². The fourth-order valence-electron chi connectivity index (χ4n) is 1.94. The van der Waals surface area contributed by atoms with E-state index in [2.05, 4.69) is 10.6 Å². The van der Waals surface area contributed by atoms with Crippen molar-refractivity contribution in [1.29, 1.82) is 0 Å². The molecule has 0 radical (unpaired) electrons. The van der Waals surface area contributed by atoms with E-state index in [1.165, 1.54) is 14.2 Å². The lowest BCUT2D eigenvalue weighted by Gasteiger charge is -2.23. The zero-order valence-electron chi connectivity index (χ0n) is 10.4. The smallest absolute Gasteiger partial charge is 0.322 e. The van der Waals surface area contributed by atoms with Crippen LogP contribution in [0.4, 0.5) is 4.79 Å². The zero-order chi connectivity index (χ0) is 13.3. The number of nitrogens with one attached hydrogen (secondary N) is 2. The SMILES string of the molecule is COc1ccc(OC)c(C2(C)NC(=O)NC2=O)c1. The molecule has 1 fully saturated rings. The largest absolute Gasteiger partial charge is 0.497 e. The predicted octanol–water partition coefficient (Wildman–Crippen LogP) is 0.758. The van der Waals surface area contributed by atoms with Crippen LogP contribution >= 0.6 is 0 Å². The highest BCUT2D eigenvalue weighted by Gasteiger charge is 2.45. The minimum atomic E-state index is -1.16. The number of carbonyl (C=O) groups excluding carboxylic acids is 2. The number of rotatable bonds is 3. The Morgan fingerprint density at radius 3 is 2.39 bits per heavy atom. The lowest BCUT2D eigenvalue weighted by Crippen LogP contribution is -2.40. The predicted molar refractivity (Wildman–Crippen MR) is 63.6 cm³/mol. The molecule has 6 nitrogen and oxygen atoms in total. The minimum absolute atomic E-state index is 0.418. The zero-order valence-corrected chi connectivity index (χ0v) is 10.4. The molecule has 2 N–H and O–H groups in total. The third-order valence-corrected chi connectivity index (χ3v) is 2.99. The molecule has 96 valence electrons. The van der Waals surface area contributed by atoms with E-state index >= 15 is 0 Å². The number of hydrogen-bond donors (Lipinski definition) is 2. The first-order valence-electron chi connectivity index (χ1n) is 5.37. The topological polar surface area (TPSA) is 76.7 Å². The van der Waals surface area contributed by atoms with Crippen LogP contribution in [0.5, 0.6) is 11.5 Å². The Balaban J connectivity index is 2.55. The molecule has 0 spiro atoms. The average Bonchev–Trinajstić information content (AvgIpc) is 2.63. The highest BCUT2D eigenvalue weighted by atomic mass is 16.5. The van der Waals surface area contributed by atoms with Gasteiger partial charge in [-0.05, 0) is 25.1 Å². The first-order chi connectivity index (χ1) is 8.51. The van der Waals surface area contributed by atoms with E-state index < -0.39 is 17.5 Å². The highest BCUT2D eigenvalue weighted by Crippen LogP contribution is 2.34. The van der Waals surface area contributed by atoms with Gasteiger partial charge in [-0.15, -0.1) is 0 Å². The second kappa shape index (κ2) is 4.21. The van der Waals surface area contributed by atoms with Gasteiger partial charge < -0.3 is 14.8 Å². The van der Waals surface area contributed by atoms with Crippen molar-refractivity contribution in [3.05, 3.63) is 23.8 Å². The summed E-state index contributed by atoms with van der Waals surface area (Å²) in [5, 5.41) is 4.80. The third kappa shape index (κ3) is 1.75. The normalized spacial score (nSPS) is 22.4. The number of carbonyl (C=O) groups is 2. The van der Waals surface area contributed by atoms with Gasteiger partial charge in [0, 0.05) is 5.56 Å². The molecule has 0 bridgehead atoms. The molecule has 1 heterocycles. The Hall–Kier alpha value is -2.24. The van der Waals surface area contributed by atoms with Crippen molar-refractivity contribution in [2.75, 3.05) is 14.2 Å². The van der Waals surface area contributed by atoms with E-state index in [0.29, 0.717) is 17.1 Å². The Labute approximate surface area is 104 Å². The molecule has 0 saturated carbocycles. The van der Waals surface area contributed by atoms with Crippen molar-refractivity contribution < 1.29 is 19.1 Å². The number of hydrogen-bond acceptors (Lipinski definition) is 4.